The quantitative estimate of drug-likeness (QED) is 0.193. The molecule has 0 spiro atoms. The van der Waals surface area contributed by atoms with E-state index in [9.17, 15) is 32.3 Å². The number of nitrogens with one attached hydrogen (secondary N) is 1. The van der Waals surface area contributed by atoms with Crippen LogP contribution in [0.4, 0.5) is 23.2 Å². The van der Waals surface area contributed by atoms with E-state index in [0.717, 1.165) is 16.7 Å². The molecule has 1 aromatic heterocycles. The number of carboxylic acids is 1. The van der Waals surface area contributed by atoms with E-state index in [-0.39, 0.29) is 24.7 Å². The molecule has 2 heterocycles. The average Bonchev–Trinajstić information content (AvgIpc) is 3.50. The number of anilines is 1. The molecule has 0 aliphatic carbocycles. The largest absolute Gasteiger partial charge is 0.481 e. The monoisotopic (exact) mass is 608 g/mol. The Hall–Kier alpha value is -4.67. The first-order valence-electron chi connectivity index (χ1n) is 14.3. The normalized spacial score (nSPS) is 16.0. The summed E-state index contributed by atoms with van der Waals surface area (Å²) in [6.07, 6.45) is -0.897. The number of aliphatic carboxylic acids is 1. The van der Waals surface area contributed by atoms with E-state index < -0.39 is 30.5 Å². The molecule has 11 heteroatoms. The number of carboxylic acid groups (broad SMARTS) is 1. The van der Waals surface area contributed by atoms with Gasteiger partial charge in [0.15, 0.2) is 0 Å². The Kier molecular flexibility index (Phi) is 9.03. The Morgan fingerprint density at radius 1 is 1.05 bits per heavy atom. The first-order chi connectivity index (χ1) is 21.0. The fraction of sp³-hybridized carbons (Fsp3) is 0.303. The summed E-state index contributed by atoms with van der Waals surface area (Å²) in [5.74, 6) is -2.14. The Labute approximate surface area is 252 Å². The number of nitrogens with zero attached hydrogens (tertiary/aromatic N) is 3. The van der Waals surface area contributed by atoms with Crippen molar-refractivity contribution < 1.29 is 32.3 Å². The van der Waals surface area contributed by atoms with Gasteiger partial charge < -0.3 is 15.3 Å². The van der Waals surface area contributed by atoms with Crippen LogP contribution in [-0.2, 0) is 4.79 Å². The van der Waals surface area contributed by atoms with E-state index >= 15 is 0 Å². The predicted molar refractivity (Wildman–Crippen MR) is 158 cm³/mol. The molecule has 0 bridgehead atoms. The summed E-state index contributed by atoms with van der Waals surface area (Å²) >= 11 is 0. The van der Waals surface area contributed by atoms with Crippen molar-refractivity contribution in [2.45, 2.75) is 44.8 Å². The Morgan fingerprint density at radius 3 is 2.43 bits per heavy atom. The molecule has 2 atom stereocenters. The molecular weight excluding hydrogens is 576 g/mol. The standard InChI is InChI=1S/C33H32F4N4O3/c1-21-17-23(25-18-38-41(20-25)28-11-7-26(34)8-12-28)6-13-29(21)30(14-15-33(35,36)37)39-27-9-4-22(5-10-27)31(42)40-16-2-3-24(19-40)32(43)44/h4-13,17-18,20,24,30,39H,2-3,14-16,19H2,1H3,(H,43,44)/t24-,30?/m1/s1. The Morgan fingerprint density at radius 2 is 1.77 bits per heavy atom. The van der Waals surface area contributed by atoms with Gasteiger partial charge in [-0.05, 0) is 91.4 Å². The van der Waals surface area contributed by atoms with Gasteiger partial charge in [0.25, 0.3) is 5.91 Å². The van der Waals surface area contributed by atoms with E-state index in [1.165, 1.54) is 17.0 Å². The minimum atomic E-state index is -4.33. The van der Waals surface area contributed by atoms with E-state index in [1.807, 2.05) is 19.1 Å². The number of hydrogen-bond acceptors (Lipinski definition) is 4. The number of amides is 1. The molecule has 7 nitrogen and oxygen atoms in total. The number of carbonyl (C=O) groups is 2. The third kappa shape index (κ3) is 7.45. The summed E-state index contributed by atoms with van der Waals surface area (Å²) in [5.41, 5.74) is 4.76. The number of piperidine rings is 1. The number of rotatable bonds is 9. The van der Waals surface area contributed by atoms with Crippen LogP contribution in [0.1, 0.15) is 53.2 Å². The van der Waals surface area contributed by atoms with Crippen LogP contribution in [-0.4, -0.2) is 50.9 Å². The highest BCUT2D eigenvalue weighted by molar-refractivity contribution is 5.95. The van der Waals surface area contributed by atoms with Crippen molar-refractivity contribution >= 4 is 17.6 Å². The van der Waals surface area contributed by atoms with Crippen LogP contribution in [0.15, 0.2) is 79.1 Å². The number of hydrogen-bond donors (Lipinski definition) is 2. The topological polar surface area (TPSA) is 87.5 Å². The first kappa shape index (κ1) is 30.8. The number of benzene rings is 3. The van der Waals surface area contributed by atoms with Gasteiger partial charge in [-0.1, -0.05) is 18.2 Å². The van der Waals surface area contributed by atoms with Crippen LogP contribution in [0.3, 0.4) is 0 Å². The van der Waals surface area contributed by atoms with Crippen LogP contribution in [0, 0.1) is 18.7 Å². The van der Waals surface area contributed by atoms with E-state index in [0.29, 0.717) is 41.9 Å². The van der Waals surface area contributed by atoms with Gasteiger partial charge in [0.05, 0.1) is 23.8 Å². The summed E-state index contributed by atoms with van der Waals surface area (Å²) in [4.78, 5) is 25.9. The minimum absolute atomic E-state index is 0.149. The first-order valence-corrected chi connectivity index (χ1v) is 14.3. The molecule has 1 fully saturated rings. The fourth-order valence-corrected chi connectivity index (χ4v) is 5.52. The highest BCUT2D eigenvalue weighted by atomic mass is 19.4. The smallest absolute Gasteiger partial charge is 0.389 e. The van der Waals surface area contributed by atoms with Crippen LogP contribution < -0.4 is 5.32 Å². The van der Waals surface area contributed by atoms with E-state index in [2.05, 4.69) is 10.4 Å². The second-order valence-corrected chi connectivity index (χ2v) is 11.1. The number of carbonyl (C=O) groups excluding carboxylic acids is 1. The van der Waals surface area contributed by atoms with Gasteiger partial charge in [-0.2, -0.15) is 18.3 Å². The summed E-state index contributed by atoms with van der Waals surface area (Å²) < 4.78 is 54.8. The lowest BCUT2D eigenvalue weighted by molar-refractivity contribution is -0.143. The van der Waals surface area contributed by atoms with Gasteiger partial charge in [0.2, 0.25) is 0 Å². The summed E-state index contributed by atoms with van der Waals surface area (Å²) in [5, 5.41) is 16.9. The molecule has 5 rings (SSSR count). The van der Waals surface area contributed by atoms with E-state index in [1.54, 1.807) is 59.5 Å². The fourth-order valence-electron chi connectivity index (χ4n) is 5.52. The lowest BCUT2D eigenvalue weighted by atomic mass is 9.94. The van der Waals surface area contributed by atoms with Crippen LogP contribution >= 0.6 is 0 Å². The summed E-state index contributed by atoms with van der Waals surface area (Å²) in [6.45, 7) is 2.47. The molecule has 0 saturated carbocycles. The molecule has 1 unspecified atom stereocenters. The van der Waals surface area contributed by atoms with Crippen molar-refractivity contribution in [2.24, 2.45) is 5.92 Å². The molecule has 1 amide bonds. The molecular formula is C33H32F4N4O3. The number of aromatic nitrogens is 2. The van der Waals surface area contributed by atoms with Gasteiger partial charge in [-0.15, -0.1) is 0 Å². The number of aryl methyl sites for hydroxylation is 1. The molecule has 1 aliphatic heterocycles. The number of halogens is 4. The SMILES string of the molecule is Cc1cc(-c2cnn(-c3ccc(F)cc3)c2)ccc1C(CCC(F)(F)F)Nc1ccc(C(=O)N2CCC[C@@H](C(=O)O)C2)cc1. The van der Waals surface area contributed by atoms with Crippen molar-refractivity contribution in [3.63, 3.8) is 0 Å². The van der Waals surface area contributed by atoms with Gasteiger partial charge in [-0.25, -0.2) is 9.07 Å². The van der Waals surface area contributed by atoms with Crippen molar-refractivity contribution in [1.82, 2.24) is 14.7 Å². The molecule has 3 aromatic carbocycles. The van der Waals surface area contributed by atoms with Crippen molar-refractivity contribution in [3.05, 3.63) is 102 Å². The Balaban J connectivity index is 1.33. The zero-order valence-electron chi connectivity index (χ0n) is 24.0. The van der Waals surface area contributed by atoms with Crippen LogP contribution in [0.5, 0.6) is 0 Å². The van der Waals surface area contributed by atoms with Gasteiger partial charge in [0, 0.05) is 42.5 Å². The van der Waals surface area contributed by atoms with Crippen molar-refractivity contribution in [3.8, 4) is 16.8 Å². The van der Waals surface area contributed by atoms with Crippen LogP contribution in [0.25, 0.3) is 16.8 Å². The van der Waals surface area contributed by atoms with E-state index in [4.69, 9.17) is 0 Å². The third-order valence-corrected chi connectivity index (χ3v) is 7.90. The zero-order valence-corrected chi connectivity index (χ0v) is 24.0. The second kappa shape index (κ2) is 12.9. The molecule has 4 aromatic rings. The number of alkyl halides is 3. The maximum absolute atomic E-state index is 13.3. The van der Waals surface area contributed by atoms with Gasteiger partial charge in [0.1, 0.15) is 5.82 Å². The highest BCUT2D eigenvalue weighted by Gasteiger charge is 2.30. The molecule has 230 valence electrons. The lowest BCUT2D eigenvalue weighted by Gasteiger charge is -2.30. The minimum Gasteiger partial charge on any atom is -0.481 e. The molecule has 1 aliphatic rings. The maximum Gasteiger partial charge on any atom is 0.389 e. The molecule has 1 saturated heterocycles. The Bertz CT molecular complexity index is 1620. The van der Waals surface area contributed by atoms with Gasteiger partial charge in [-0.3, -0.25) is 9.59 Å². The van der Waals surface area contributed by atoms with Crippen molar-refractivity contribution in [1.29, 1.82) is 0 Å². The lowest BCUT2D eigenvalue weighted by Crippen LogP contribution is -2.42. The molecule has 2 N–H and O–H groups in total. The summed E-state index contributed by atoms with van der Waals surface area (Å²) in [7, 11) is 0. The van der Waals surface area contributed by atoms with Gasteiger partial charge >= 0.3 is 12.1 Å². The second-order valence-electron chi connectivity index (χ2n) is 11.1. The zero-order chi connectivity index (χ0) is 31.4. The average molecular weight is 609 g/mol. The summed E-state index contributed by atoms with van der Waals surface area (Å²) in [6, 6.07) is 17.3. The van der Waals surface area contributed by atoms with Crippen molar-refractivity contribution in [2.75, 3.05) is 18.4 Å². The third-order valence-electron chi connectivity index (χ3n) is 7.90. The van der Waals surface area contributed by atoms with Crippen LogP contribution in [0.2, 0.25) is 0 Å². The predicted octanol–water partition coefficient (Wildman–Crippen LogP) is 7.42. The number of likely N-dealkylation sites (tertiary alicyclic amines) is 1. The molecule has 0 radical (unpaired) electrons. The molecule has 44 heavy (non-hydrogen) atoms. The highest BCUT2D eigenvalue weighted by Crippen LogP contribution is 2.34. The maximum atomic E-state index is 13.3.